The molecule has 0 bridgehead atoms. The quantitative estimate of drug-likeness (QED) is 0.246. The maximum absolute atomic E-state index is 5.80. The highest BCUT2D eigenvalue weighted by molar-refractivity contribution is 6.17. The summed E-state index contributed by atoms with van der Waals surface area (Å²) < 4.78 is 1.28. The first kappa shape index (κ1) is 18.2. The van der Waals surface area contributed by atoms with Gasteiger partial charge >= 0.3 is 0 Å². The van der Waals surface area contributed by atoms with Crippen LogP contribution in [-0.4, -0.2) is 37.0 Å². The van der Waals surface area contributed by atoms with Crippen molar-refractivity contribution in [1.29, 1.82) is 0 Å². The normalized spacial score (nSPS) is 14.7. The van der Waals surface area contributed by atoms with E-state index in [1.54, 1.807) is 0 Å². The lowest BCUT2D eigenvalue weighted by Gasteiger charge is -2.35. The Morgan fingerprint density at radius 2 is 1.11 bits per heavy atom. The van der Waals surface area contributed by atoms with Crippen molar-refractivity contribution in [3.05, 3.63) is 0 Å². The maximum atomic E-state index is 5.80. The second-order valence-electron chi connectivity index (χ2n) is 5.95. The zero-order valence-electron chi connectivity index (χ0n) is 13.0. The Morgan fingerprint density at radius 1 is 0.667 bits per heavy atom. The van der Waals surface area contributed by atoms with Gasteiger partial charge in [-0.05, 0) is 38.5 Å². The van der Waals surface area contributed by atoms with Crippen molar-refractivity contribution in [2.24, 2.45) is 0 Å². The molecule has 0 aliphatic carbocycles. The van der Waals surface area contributed by atoms with Gasteiger partial charge in [0, 0.05) is 5.88 Å². The number of alkyl halides is 1. The highest BCUT2D eigenvalue weighted by Crippen LogP contribution is 2.13. The van der Waals surface area contributed by atoms with Crippen molar-refractivity contribution in [1.82, 2.24) is 0 Å². The predicted molar refractivity (Wildman–Crippen MR) is 84.4 cm³/mol. The summed E-state index contributed by atoms with van der Waals surface area (Å²) in [6.45, 7) is 8.63. The highest BCUT2D eigenvalue weighted by atomic mass is 35.5. The molecule has 1 unspecified atom stereocenters. The van der Waals surface area contributed by atoms with Crippen LogP contribution in [0.25, 0.3) is 0 Å². The second-order valence-corrected chi connectivity index (χ2v) is 6.33. The van der Waals surface area contributed by atoms with Crippen LogP contribution in [0.5, 0.6) is 0 Å². The molecule has 1 nitrogen and oxygen atoms in total. The Labute approximate surface area is 120 Å². The SMILES string of the molecule is CCCCCC[N+](C)(CCCCC)CCCCCl. The van der Waals surface area contributed by atoms with E-state index in [-0.39, 0.29) is 0 Å². The molecule has 0 aromatic carbocycles. The molecule has 0 saturated carbocycles. The third-order valence-corrected chi connectivity index (χ3v) is 4.20. The van der Waals surface area contributed by atoms with E-state index in [1.165, 1.54) is 81.9 Å². The van der Waals surface area contributed by atoms with Gasteiger partial charge in [-0.3, -0.25) is 0 Å². The molecule has 0 aromatic heterocycles. The third kappa shape index (κ3) is 10.2. The van der Waals surface area contributed by atoms with Crippen LogP contribution in [0, 0.1) is 0 Å². The van der Waals surface area contributed by atoms with E-state index in [0.717, 1.165) is 5.88 Å². The van der Waals surface area contributed by atoms with E-state index in [0.29, 0.717) is 0 Å². The number of nitrogens with zero attached hydrogens (tertiary/aromatic N) is 1. The molecule has 0 saturated heterocycles. The van der Waals surface area contributed by atoms with Gasteiger partial charge < -0.3 is 4.48 Å². The Bertz CT molecular complexity index is 160. The summed E-state index contributed by atoms with van der Waals surface area (Å²) in [6, 6.07) is 0. The van der Waals surface area contributed by atoms with Crippen LogP contribution in [0.1, 0.15) is 71.6 Å². The van der Waals surface area contributed by atoms with E-state index in [2.05, 4.69) is 20.9 Å². The molecule has 0 aliphatic rings. The van der Waals surface area contributed by atoms with E-state index in [4.69, 9.17) is 11.6 Å². The fourth-order valence-corrected chi connectivity index (χ4v) is 2.78. The molecule has 0 fully saturated rings. The van der Waals surface area contributed by atoms with Crippen molar-refractivity contribution in [2.45, 2.75) is 71.6 Å². The minimum atomic E-state index is 0.824. The number of hydrogen-bond donors (Lipinski definition) is 0. The monoisotopic (exact) mass is 276 g/mol. The summed E-state index contributed by atoms with van der Waals surface area (Å²) in [5.41, 5.74) is 0. The van der Waals surface area contributed by atoms with Crippen LogP contribution in [0.15, 0.2) is 0 Å². The molecule has 18 heavy (non-hydrogen) atoms. The number of quaternary nitrogens is 1. The molecule has 110 valence electrons. The van der Waals surface area contributed by atoms with Crippen LogP contribution in [0.4, 0.5) is 0 Å². The largest absolute Gasteiger partial charge is 0.326 e. The minimum absolute atomic E-state index is 0.824. The minimum Gasteiger partial charge on any atom is -0.326 e. The summed E-state index contributed by atoms with van der Waals surface area (Å²) in [5, 5.41) is 0. The van der Waals surface area contributed by atoms with Gasteiger partial charge in [0.1, 0.15) is 0 Å². The van der Waals surface area contributed by atoms with Crippen LogP contribution in [0.2, 0.25) is 0 Å². The van der Waals surface area contributed by atoms with Crippen LogP contribution >= 0.6 is 11.6 Å². The number of rotatable bonds is 13. The number of hydrogen-bond acceptors (Lipinski definition) is 0. The van der Waals surface area contributed by atoms with E-state index >= 15 is 0 Å². The van der Waals surface area contributed by atoms with Crippen LogP contribution < -0.4 is 0 Å². The van der Waals surface area contributed by atoms with Crippen molar-refractivity contribution in [2.75, 3.05) is 32.6 Å². The van der Waals surface area contributed by atoms with Gasteiger partial charge in [-0.25, -0.2) is 0 Å². The van der Waals surface area contributed by atoms with Gasteiger partial charge in [0.15, 0.2) is 0 Å². The van der Waals surface area contributed by atoms with E-state index in [1.807, 2.05) is 0 Å². The summed E-state index contributed by atoms with van der Waals surface area (Å²) in [6.07, 6.45) is 12.1. The van der Waals surface area contributed by atoms with Crippen molar-refractivity contribution in [3.8, 4) is 0 Å². The smallest absolute Gasteiger partial charge is 0.0784 e. The Hall–Kier alpha value is 0.250. The Kier molecular flexibility index (Phi) is 12.5. The molecule has 2 heteroatoms. The van der Waals surface area contributed by atoms with Gasteiger partial charge in [-0.15, -0.1) is 11.6 Å². The second kappa shape index (κ2) is 12.3. The average Bonchev–Trinajstić information content (AvgIpc) is 2.36. The molecular formula is C16H35ClN+. The molecule has 0 N–H and O–H groups in total. The zero-order chi connectivity index (χ0) is 13.7. The maximum Gasteiger partial charge on any atom is 0.0784 e. The first-order chi connectivity index (χ1) is 8.68. The average molecular weight is 277 g/mol. The molecule has 0 amide bonds. The molecule has 0 rings (SSSR count). The van der Waals surface area contributed by atoms with Crippen molar-refractivity contribution >= 4 is 11.6 Å². The Balaban J connectivity index is 3.95. The van der Waals surface area contributed by atoms with E-state index < -0.39 is 0 Å². The lowest BCUT2D eigenvalue weighted by atomic mass is 10.1. The molecule has 0 aromatic rings. The third-order valence-electron chi connectivity index (χ3n) is 3.93. The summed E-state index contributed by atoms with van der Waals surface area (Å²) >= 11 is 5.80. The summed E-state index contributed by atoms with van der Waals surface area (Å²) in [5.74, 6) is 0.824. The van der Waals surface area contributed by atoms with Crippen LogP contribution in [0.3, 0.4) is 0 Å². The zero-order valence-corrected chi connectivity index (χ0v) is 13.8. The van der Waals surface area contributed by atoms with Crippen molar-refractivity contribution < 1.29 is 4.48 Å². The summed E-state index contributed by atoms with van der Waals surface area (Å²) in [4.78, 5) is 0. The van der Waals surface area contributed by atoms with Gasteiger partial charge in [0.05, 0.1) is 26.7 Å². The molecule has 1 atom stereocenters. The first-order valence-electron chi connectivity index (χ1n) is 8.08. The molecule has 0 radical (unpaired) electrons. The van der Waals surface area contributed by atoms with Gasteiger partial charge in [-0.1, -0.05) is 33.1 Å². The summed E-state index contributed by atoms with van der Waals surface area (Å²) in [7, 11) is 2.45. The molecule has 0 spiro atoms. The van der Waals surface area contributed by atoms with Gasteiger partial charge in [0.25, 0.3) is 0 Å². The lowest BCUT2D eigenvalue weighted by molar-refractivity contribution is -0.910. The first-order valence-corrected chi connectivity index (χ1v) is 8.61. The standard InChI is InChI=1S/C16H35ClN/c1-4-6-8-11-15-18(3,14-10-7-5-2)16-12-9-13-17/h4-16H2,1-3H3/q+1. The lowest BCUT2D eigenvalue weighted by Crippen LogP contribution is -2.46. The predicted octanol–water partition coefficient (Wildman–Crippen LogP) is 5.22. The highest BCUT2D eigenvalue weighted by Gasteiger charge is 2.19. The molecule has 0 aliphatic heterocycles. The van der Waals surface area contributed by atoms with Crippen molar-refractivity contribution in [3.63, 3.8) is 0 Å². The fraction of sp³-hybridized carbons (Fsp3) is 1.00. The molecule has 0 heterocycles. The van der Waals surface area contributed by atoms with Gasteiger partial charge in [0.2, 0.25) is 0 Å². The van der Waals surface area contributed by atoms with Crippen LogP contribution in [-0.2, 0) is 0 Å². The fourth-order valence-electron chi connectivity index (χ4n) is 2.59. The molecular weight excluding hydrogens is 242 g/mol. The van der Waals surface area contributed by atoms with Gasteiger partial charge in [-0.2, -0.15) is 0 Å². The number of halogens is 1. The number of unbranched alkanes of at least 4 members (excludes halogenated alkanes) is 6. The topological polar surface area (TPSA) is 0 Å². The van der Waals surface area contributed by atoms with E-state index in [9.17, 15) is 0 Å². The Morgan fingerprint density at radius 3 is 1.61 bits per heavy atom.